The van der Waals surface area contributed by atoms with Crippen molar-refractivity contribution in [2.24, 2.45) is 11.3 Å². The average molecular weight is 195 g/mol. The maximum absolute atomic E-state index is 3.96. The normalized spacial score (nSPS) is 28.4. The molecule has 0 bridgehead atoms. The zero-order valence-electron chi connectivity index (χ0n) is 9.97. The molecule has 0 aliphatic heterocycles. The Kier molecular flexibility index (Phi) is 4.18. The summed E-state index contributed by atoms with van der Waals surface area (Å²) in [4.78, 5) is 0. The van der Waals surface area contributed by atoms with Crippen molar-refractivity contribution in [2.45, 2.75) is 52.5 Å². The highest BCUT2D eigenvalue weighted by molar-refractivity contribution is 4.98. The molecule has 1 nitrogen and oxygen atoms in total. The molecule has 1 rings (SSSR count). The summed E-state index contributed by atoms with van der Waals surface area (Å²) in [7, 11) is 0. The fourth-order valence-corrected chi connectivity index (χ4v) is 2.81. The maximum Gasteiger partial charge on any atom is 0.0280 e. The van der Waals surface area contributed by atoms with Gasteiger partial charge in [-0.15, -0.1) is 6.58 Å². The summed E-state index contributed by atoms with van der Waals surface area (Å²) in [6.45, 7) is 12.0. The third-order valence-electron chi connectivity index (χ3n) is 3.72. The molecule has 0 spiro atoms. The first-order valence-electron chi connectivity index (χ1n) is 5.97. The van der Waals surface area contributed by atoms with Crippen molar-refractivity contribution in [3.05, 3.63) is 12.7 Å². The third kappa shape index (κ3) is 2.60. The van der Waals surface area contributed by atoms with Crippen molar-refractivity contribution in [3.8, 4) is 0 Å². The first-order chi connectivity index (χ1) is 6.61. The lowest BCUT2D eigenvalue weighted by Gasteiger charge is -2.42. The average Bonchev–Trinajstić information content (AvgIpc) is 2.14. The van der Waals surface area contributed by atoms with E-state index in [1.54, 1.807) is 0 Å². The Hall–Kier alpha value is -0.300. The quantitative estimate of drug-likeness (QED) is 0.678. The second kappa shape index (κ2) is 4.97. The molecule has 0 aromatic heterocycles. The highest BCUT2D eigenvalue weighted by Crippen LogP contribution is 2.42. The van der Waals surface area contributed by atoms with Crippen LogP contribution >= 0.6 is 0 Å². The lowest BCUT2D eigenvalue weighted by molar-refractivity contribution is 0.114. The van der Waals surface area contributed by atoms with E-state index in [9.17, 15) is 0 Å². The third-order valence-corrected chi connectivity index (χ3v) is 3.72. The maximum atomic E-state index is 3.96. The van der Waals surface area contributed by atoms with Crippen LogP contribution in [0.1, 0.15) is 46.5 Å². The largest absolute Gasteiger partial charge is 0.311 e. The highest BCUT2D eigenvalue weighted by atomic mass is 14.9. The van der Waals surface area contributed by atoms with Crippen LogP contribution in [0.5, 0.6) is 0 Å². The predicted octanol–water partition coefficient (Wildman–Crippen LogP) is 3.37. The van der Waals surface area contributed by atoms with Crippen molar-refractivity contribution in [3.63, 3.8) is 0 Å². The van der Waals surface area contributed by atoms with Crippen molar-refractivity contribution >= 4 is 0 Å². The van der Waals surface area contributed by atoms with Crippen molar-refractivity contribution < 1.29 is 0 Å². The number of nitrogens with one attached hydrogen (secondary N) is 1. The molecule has 0 aromatic rings. The zero-order valence-corrected chi connectivity index (χ0v) is 9.97. The van der Waals surface area contributed by atoms with E-state index in [0.717, 1.165) is 12.5 Å². The molecular formula is C13H25N. The topological polar surface area (TPSA) is 12.0 Å². The number of hydrogen-bond donors (Lipinski definition) is 1. The predicted molar refractivity (Wildman–Crippen MR) is 63.4 cm³/mol. The summed E-state index contributed by atoms with van der Waals surface area (Å²) < 4.78 is 0. The van der Waals surface area contributed by atoms with Crippen molar-refractivity contribution in [1.82, 2.24) is 5.32 Å². The molecule has 1 heteroatoms. The van der Waals surface area contributed by atoms with Gasteiger partial charge in [0.15, 0.2) is 0 Å². The summed E-state index contributed by atoms with van der Waals surface area (Å²) in [6, 6.07) is 0.510. The molecule has 82 valence electrons. The van der Waals surface area contributed by atoms with E-state index in [1.165, 1.54) is 25.7 Å². The standard InChI is InChI=1S/C13H25N/c1-5-12(14-6-2)11-9-7-8-10-13(11,3)4/h5,11-12,14H,1,6-10H2,2-4H3. The van der Waals surface area contributed by atoms with Gasteiger partial charge in [-0.3, -0.25) is 0 Å². The zero-order chi connectivity index (χ0) is 10.6. The van der Waals surface area contributed by atoms with Crippen LogP contribution in [0.4, 0.5) is 0 Å². The Morgan fingerprint density at radius 1 is 1.50 bits per heavy atom. The van der Waals surface area contributed by atoms with Gasteiger partial charge in [-0.25, -0.2) is 0 Å². The van der Waals surface area contributed by atoms with Crippen LogP contribution < -0.4 is 5.32 Å². The first-order valence-corrected chi connectivity index (χ1v) is 5.97. The van der Waals surface area contributed by atoms with Crippen LogP contribution in [-0.2, 0) is 0 Å². The molecule has 0 heterocycles. The van der Waals surface area contributed by atoms with Gasteiger partial charge in [-0.2, -0.15) is 0 Å². The van der Waals surface area contributed by atoms with Crippen LogP contribution in [0.2, 0.25) is 0 Å². The van der Waals surface area contributed by atoms with Crippen LogP contribution in [0, 0.1) is 11.3 Å². The Bertz CT molecular complexity index is 184. The van der Waals surface area contributed by atoms with Crippen molar-refractivity contribution in [2.75, 3.05) is 6.54 Å². The Labute approximate surface area is 89.0 Å². The molecule has 1 fully saturated rings. The van der Waals surface area contributed by atoms with Gasteiger partial charge in [-0.1, -0.05) is 39.7 Å². The molecule has 0 radical (unpaired) electrons. The summed E-state index contributed by atoms with van der Waals surface area (Å²) in [5, 5.41) is 3.54. The van der Waals surface area contributed by atoms with Gasteiger partial charge in [0, 0.05) is 6.04 Å². The van der Waals surface area contributed by atoms with E-state index >= 15 is 0 Å². The summed E-state index contributed by atoms with van der Waals surface area (Å²) in [5.41, 5.74) is 0.485. The number of hydrogen-bond acceptors (Lipinski definition) is 1. The van der Waals surface area contributed by atoms with Crippen LogP contribution in [0.3, 0.4) is 0 Å². The van der Waals surface area contributed by atoms with E-state index in [0.29, 0.717) is 11.5 Å². The molecular weight excluding hydrogens is 170 g/mol. The Morgan fingerprint density at radius 3 is 2.71 bits per heavy atom. The minimum absolute atomic E-state index is 0.485. The van der Waals surface area contributed by atoms with Gasteiger partial charge in [-0.05, 0) is 30.7 Å². The van der Waals surface area contributed by atoms with E-state index in [2.05, 4.69) is 38.7 Å². The lowest BCUT2D eigenvalue weighted by atomic mass is 9.66. The fraction of sp³-hybridized carbons (Fsp3) is 0.846. The fourth-order valence-electron chi connectivity index (χ4n) is 2.81. The molecule has 2 atom stereocenters. The summed E-state index contributed by atoms with van der Waals surface area (Å²) in [6.07, 6.45) is 7.62. The lowest BCUT2D eigenvalue weighted by Crippen LogP contribution is -2.43. The molecule has 1 N–H and O–H groups in total. The number of rotatable bonds is 4. The van der Waals surface area contributed by atoms with Gasteiger partial charge in [0.1, 0.15) is 0 Å². The molecule has 1 saturated carbocycles. The van der Waals surface area contributed by atoms with E-state index in [-0.39, 0.29) is 0 Å². The van der Waals surface area contributed by atoms with Crippen LogP contribution in [0.15, 0.2) is 12.7 Å². The second-order valence-electron chi connectivity index (χ2n) is 5.16. The van der Waals surface area contributed by atoms with E-state index in [1.807, 2.05) is 0 Å². The number of likely N-dealkylation sites (N-methyl/N-ethyl adjacent to an activating group) is 1. The first kappa shape index (κ1) is 11.8. The van der Waals surface area contributed by atoms with Crippen molar-refractivity contribution in [1.29, 1.82) is 0 Å². The Morgan fingerprint density at radius 2 is 2.21 bits per heavy atom. The van der Waals surface area contributed by atoms with E-state index in [4.69, 9.17) is 0 Å². The minimum Gasteiger partial charge on any atom is -0.311 e. The summed E-state index contributed by atoms with van der Waals surface area (Å²) in [5.74, 6) is 0.772. The van der Waals surface area contributed by atoms with Gasteiger partial charge in [0.2, 0.25) is 0 Å². The minimum atomic E-state index is 0.485. The van der Waals surface area contributed by atoms with Gasteiger partial charge < -0.3 is 5.32 Å². The van der Waals surface area contributed by atoms with Gasteiger partial charge in [0.25, 0.3) is 0 Å². The second-order valence-corrected chi connectivity index (χ2v) is 5.16. The molecule has 0 saturated heterocycles. The Balaban J connectivity index is 2.66. The highest BCUT2D eigenvalue weighted by Gasteiger charge is 2.35. The van der Waals surface area contributed by atoms with Gasteiger partial charge >= 0.3 is 0 Å². The summed E-state index contributed by atoms with van der Waals surface area (Å²) >= 11 is 0. The van der Waals surface area contributed by atoms with E-state index < -0.39 is 0 Å². The van der Waals surface area contributed by atoms with Crippen LogP contribution in [-0.4, -0.2) is 12.6 Å². The SMILES string of the molecule is C=CC(NCC)C1CCCCC1(C)C. The van der Waals surface area contributed by atoms with Crippen LogP contribution in [0.25, 0.3) is 0 Å². The smallest absolute Gasteiger partial charge is 0.0280 e. The molecule has 0 aromatic carbocycles. The molecule has 1 aliphatic rings. The molecule has 14 heavy (non-hydrogen) atoms. The molecule has 0 amide bonds. The molecule has 2 unspecified atom stereocenters. The monoisotopic (exact) mass is 195 g/mol. The molecule has 1 aliphatic carbocycles. The van der Waals surface area contributed by atoms with Gasteiger partial charge in [0.05, 0.1) is 0 Å².